The molecule has 0 aliphatic carbocycles. The lowest BCUT2D eigenvalue weighted by Crippen LogP contribution is -2.34. The Bertz CT molecular complexity index is 1820. The van der Waals surface area contributed by atoms with Crippen LogP contribution in [0.1, 0.15) is 29.0 Å². The summed E-state index contributed by atoms with van der Waals surface area (Å²) in [5, 5.41) is 37.0. The molecule has 46 heavy (non-hydrogen) atoms. The predicted octanol–water partition coefficient (Wildman–Crippen LogP) is 2.37. The van der Waals surface area contributed by atoms with Crippen LogP contribution >= 0.6 is 0 Å². The molecule has 1 fully saturated rings. The average Bonchev–Trinajstić information content (AvgIpc) is 3.89. The van der Waals surface area contributed by atoms with Crippen molar-refractivity contribution in [2.45, 2.75) is 43.4 Å². The van der Waals surface area contributed by atoms with Crippen LogP contribution in [0.3, 0.4) is 0 Å². The van der Waals surface area contributed by atoms with Gasteiger partial charge in [0, 0.05) is 38.7 Å². The van der Waals surface area contributed by atoms with Crippen LogP contribution in [0.5, 0.6) is 0 Å². The standard InChI is InChI=1S/C32H35N11O3/c1-41-17-23(35-19-41)12-13-33-32-39-29(34-16-24(21-8-4-2-5-9-21)22-10-6-3-7-11-22)26-30(40-32)42(20-36-26)31-28(45)27(44)25(46-31)18-43-37-14-15-38-43/h2-11,14-15,17,19-20,24-25,27-28,31,44-45H,12-13,16,18H2,1H3,(H2,33,34,39,40). The number of rotatable bonds is 12. The van der Waals surface area contributed by atoms with Crippen LogP contribution in [0.25, 0.3) is 11.2 Å². The first-order chi connectivity index (χ1) is 22.5. The minimum Gasteiger partial charge on any atom is -0.387 e. The van der Waals surface area contributed by atoms with Crippen molar-refractivity contribution in [2.24, 2.45) is 7.05 Å². The fourth-order valence-electron chi connectivity index (χ4n) is 5.81. The van der Waals surface area contributed by atoms with Crippen LogP contribution in [0.4, 0.5) is 11.8 Å². The van der Waals surface area contributed by atoms with E-state index in [1.165, 1.54) is 15.9 Å². The molecule has 14 heteroatoms. The van der Waals surface area contributed by atoms with Crippen molar-refractivity contribution in [1.29, 1.82) is 0 Å². The monoisotopic (exact) mass is 621 g/mol. The van der Waals surface area contributed by atoms with Crippen LogP contribution in [0.2, 0.25) is 0 Å². The molecule has 14 nitrogen and oxygen atoms in total. The molecular weight excluding hydrogens is 586 g/mol. The van der Waals surface area contributed by atoms with E-state index in [0.29, 0.717) is 42.4 Å². The van der Waals surface area contributed by atoms with Crippen LogP contribution in [-0.2, 0) is 24.8 Å². The highest BCUT2D eigenvalue weighted by molar-refractivity contribution is 5.84. The lowest BCUT2D eigenvalue weighted by Gasteiger charge is -2.20. The molecule has 1 aliphatic heterocycles. The largest absolute Gasteiger partial charge is 0.387 e. The van der Waals surface area contributed by atoms with Crippen molar-refractivity contribution < 1.29 is 14.9 Å². The third-order valence-electron chi connectivity index (χ3n) is 8.14. The Hall–Kier alpha value is -5.18. The molecular formula is C32H35N11O3. The summed E-state index contributed by atoms with van der Waals surface area (Å²) in [5.41, 5.74) is 4.24. The van der Waals surface area contributed by atoms with Gasteiger partial charge < -0.3 is 30.2 Å². The minimum atomic E-state index is -1.23. The topological polar surface area (TPSA) is 166 Å². The van der Waals surface area contributed by atoms with E-state index in [9.17, 15) is 10.2 Å². The summed E-state index contributed by atoms with van der Waals surface area (Å²) < 4.78 is 9.71. The maximum atomic E-state index is 11.1. The average molecular weight is 622 g/mol. The molecule has 4 atom stereocenters. The van der Waals surface area contributed by atoms with Gasteiger partial charge in [0.05, 0.1) is 37.3 Å². The second-order valence-electron chi connectivity index (χ2n) is 11.3. The molecule has 2 aromatic carbocycles. The van der Waals surface area contributed by atoms with Crippen LogP contribution in [0, 0.1) is 0 Å². The Morgan fingerprint density at radius 3 is 2.26 bits per heavy atom. The third-order valence-corrected chi connectivity index (χ3v) is 8.14. The van der Waals surface area contributed by atoms with E-state index in [1.54, 1.807) is 29.6 Å². The molecule has 1 aliphatic rings. The van der Waals surface area contributed by atoms with E-state index >= 15 is 0 Å². The number of aliphatic hydroxyl groups is 2. The van der Waals surface area contributed by atoms with Crippen molar-refractivity contribution in [2.75, 3.05) is 23.7 Å². The normalized spacial score (nSPS) is 19.7. The number of hydrogen-bond acceptors (Lipinski definition) is 11. The van der Waals surface area contributed by atoms with Gasteiger partial charge in [0.2, 0.25) is 5.95 Å². The number of anilines is 2. The van der Waals surface area contributed by atoms with Gasteiger partial charge in [-0.05, 0) is 11.1 Å². The quantitative estimate of drug-likeness (QED) is 0.158. The summed E-state index contributed by atoms with van der Waals surface area (Å²) in [4.78, 5) is 20.1. The van der Waals surface area contributed by atoms with E-state index in [1.807, 2.05) is 54.2 Å². The number of ether oxygens (including phenoxy) is 1. The summed E-state index contributed by atoms with van der Waals surface area (Å²) in [7, 11) is 1.94. The number of aryl methyl sites for hydroxylation is 1. The number of benzene rings is 2. The maximum Gasteiger partial charge on any atom is 0.226 e. The van der Waals surface area contributed by atoms with Gasteiger partial charge in [-0.1, -0.05) is 60.7 Å². The molecule has 5 heterocycles. The Morgan fingerprint density at radius 1 is 0.870 bits per heavy atom. The van der Waals surface area contributed by atoms with Crippen molar-refractivity contribution in [3.8, 4) is 0 Å². The Morgan fingerprint density at radius 2 is 1.59 bits per heavy atom. The number of nitrogens with zero attached hydrogens (tertiary/aromatic N) is 9. The van der Waals surface area contributed by atoms with E-state index in [2.05, 4.69) is 55.1 Å². The van der Waals surface area contributed by atoms with Gasteiger partial charge in [0.25, 0.3) is 0 Å². The van der Waals surface area contributed by atoms with Gasteiger partial charge in [-0.3, -0.25) is 4.57 Å². The number of aliphatic hydroxyl groups excluding tert-OH is 2. The smallest absolute Gasteiger partial charge is 0.226 e. The number of imidazole rings is 2. The molecule has 0 bridgehead atoms. The fourth-order valence-corrected chi connectivity index (χ4v) is 5.81. The second kappa shape index (κ2) is 13.0. The van der Waals surface area contributed by atoms with Gasteiger partial charge in [-0.15, -0.1) is 0 Å². The first kappa shape index (κ1) is 29.5. The molecule has 0 saturated carbocycles. The summed E-state index contributed by atoms with van der Waals surface area (Å²) in [6.07, 6.45) is 5.00. The highest BCUT2D eigenvalue weighted by Gasteiger charge is 2.44. The molecule has 7 rings (SSSR count). The minimum absolute atomic E-state index is 0.0434. The zero-order valence-electron chi connectivity index (χ0n) is 25.2. The number of nitrogens with one attached hydrogen (secondary N) is 2. The van der Waals surface area contributed by atoms with Crippen LogP contribution < -0.4 is 10.6 Å². The van der Waals surface area contributed by atoms with Gasteiger partial charge in [0.15, 0.2) is 23.2 Å². The van der Waals surface area contributed by atoms with Crippen LogP contribution in [-0.4, -0.2) is 85.7 Å². The molecule has 4 unspecified atom stereocenters. The Kier molecular flexibility index (Phi) is 8.37. The Balaban J connectivity index is 1.20. The first-order valence-corrected chi connectivity index (χ1v) is 15.2. The summed E-state index contributed by atoms with van der Waals surface area (Å²) >= 11 is 0. The third kappa shape index (κ3) is 6.18. The molecule has 0 amide bonds. The maximum absolute atomic E-state index is 11.1. The second-order valence-corrected chi connectivity index (χ2v) is 11.3. The zero-order chi connectivity index (χ0) is 31.5. The van der Waals surface area contributed by atoms with Crippen molar-refractivity contribution >= 4 is 22.9 Å². The number of fused-ring (bicyclic) bond motifs is 1. The summed E-state index contributed by atoms with van der Waals surface area (Å²) in [6, 6.07) is 20.6. The molecule has 1 saturated heterocycles. The highest BCUT2D eigenvalue weighted by atomic mass is 16.6. The number of aromatic nitrogens is 9. The van der Waals surface area contributed by atoms with Crippen molar-refractivity contribution in [1.82, 2.24) is 44.1 Å². The fraction of sp³-hybridized carbons (Fsp3) is 0.312. The van der Waals surface area contributed by atoms with Crippen LogP contribution in [0.15, 0.2) is 91.9 Å². The number of hydrogen-bond donors (Lipinski definition) is 4. The lowest BCUT2D eigenvalue weighted by atomic mass is 9.91. The predicted molar refractivity (Wildman–Crippen MR) is 170 cm³/mol. The summed E-state index contributed by atoms with van der Waals surface area (Å²) in [6.45, 7) is 1.27. The molecule has 236 valence electrons. The van der Waals surface area contributed by atoms with Crippen molar-refractivity contribution in [3.63, 3.8) is 0 Å². The van der Waals surface area contributed by atoms with E-state index in [-0.39, 0.29) is 12.5 Å². The Labute approximate surface area is 264 Å². The zero-order valence-corrected chi connectivity index (χ0v) is 25.2. The lowest BCUT2D eigenvalue weighted by molar-refractivity contribution is -0.0413. The van der Waals surface area contributed by atoms with E-state index < -0.39 is 24.5 Å². The van der Waals surface area contributed by atoms with Gasteiger partial charge >= 0.3 is 0 Å². The highest BCUT2D eigenvalue weighted by Crippen LogP contribution is 2.34. The summed E-state index contributed by atoms with van der Waals surface area (Å²) in [5.74, 6) is 0.960. The SMILES string of the molecule is Cn1cnc(CCNc2nc(NCC(c3ccccc3)c3ccccc3)c3ncn(C4OC(Cn5nccn5)C(O)C4O)c3n2)c1. The first-order valence-electron chi connectivity index (χ1n) is 15.2. The van der Waals surface area contributed by atoms with E-state index in [4.69, 9.17) is 14.7 Å². The van der Waals surface area contributed by atoms with E-state index in [0.717, 1.165) is 5.69 Å². The molecule has 4 N–H and O–H groups in total. The van der Waals surface area contributed by atoms with Gasteiger partial charge in [0.1, 0.15) is 18.3 Å². The molecule has 4 aromatic heterocycles. The molecule has 6 aromatic rings. The molecule has 0 radical (unpaired) electrons. The van der Waals surface area contributed by atoms with Crippen molar-refractivity contribution in [3.05, 3.63) is 109 Å². The molecule has 0 spiro atoms. The van der Waals surface area contributed by atoms with Gasteiger partial charge in [-0.25, -0.2) is 9.97 Å². The van der Waals surface area contributed by atoms with Gasteiger partial charge in [-0.2, -0.15) is 25.0 Å².